The summed E-state index contributed by atoms with van der Waals surface area (Å²) in [6.45, 7) is 7.44. The predicted molar refractivity (Wildman–Crippen MR) is 78.5 cm³/mol. The number of benzene rings is 1. The second-order valence-corrected chi connectivity index (χ2v) is 5.83. The molecule has 0 radical (unpaired) electrons. The third-order valence-corrected chi connectivity index (χ3v) is 3.89. The molecular formula is C12H18N6O6. The van der Waals surface area contributed by atoms with Crippen LogP contribution in [0.1, 0.15) is 0 Å². The molecule has 12 nitrogen and oxygen atoms in total. The van der Waals surface area contributed by atoms with Gasteiger partial charge < -0.3 is 10.6 Å². The van der Waals surface area contributed by atoms with Crippen LogP contribution in [0.5, 0.6) is 5.75 Å². The van der Waals surface area contributed by atoms with Crippen LogP contribution in [0.4, 0.5) is 11.4 Å². The number of non-ortho nitro benzene ring substituents is 1. The fourth-order valence-electron chi connectivity index (χ4n) is 3.14. The zero-order chi connectivity index (χ0) is 16.6. The number of hydrogen-bond acceptors (Lipinski definition) is 8. The number of nitrogens with one attached hydrogen (secondary N) is 1. The van der Waals surface area contributed by atoms with E-state index in [1.807, 2.05) is 0 Å². The Hall–Kier alpha value is -2.38. The van der Waals surface area contributed by atoms with Crippen molar-refractivity contribution in [2.45, 2.75) is 0 Å². The largest absolute Gasteiger partial charge is 0.868 e. The van der Waals surface area contributed by atoms with Gasteiger partial charge in [0.05, 0.1) is 35.9 Å². The number of nitro groups is 2. The summed E-state index contributed by atoms with van der Waals surface area (Å²) in [5.41, 5.74) is -1.25. The monoisotopic (exact) mass is 342 g/mol. The van der Waals surface area contributed by atoms with Gasteiger partial charge in [-0.1, -0.05) is 6.07 Å². The molecule has 12 heteroatoms. The maximum atomic E-state index is 10.8. The van der Waals surface area contributed by atoms with Gasteiger partial charge in [-0.2, -0.15) is 0 Å². The van der Waals surface area contributed by atoms with E-state index in [1.165, 1.54) is 40.0 Å². The zero-order valence-corrected chi connectivity index (χ0v) is 12.8. The molecule has 4 aliphatic rings. The van der Waals surface area contributed by atoms with Crippen molar-refractivity contribution in [3.63, 3.8) is 0 Å². The van der Waals surface area contributed by atoms with E-state index in [-0.39, 0.29) is 5.48 Å². The highest BCUT2D eigenvalue weighted by Crippen LogP contribution is 2.27. The predicted octanol–water partition coefficient (Wildman–Crippen LogP) is -2.68. The third kappa shape index (κ3) is 3.74. The summed E-state index contributed by atoms with van der Waals surface area (Å²) in [6.07, 6.45) is 0. The lowest BCUT2D eigenvalue weighted by atomic mass is 10.2. The van der Waals surface area contributed by atoms with Crippen LogP contribution in [0.15, 0.2) is 18.2 Å². The molecule has 132 valence electrons. The van der Waals surface area contributed by atoms with Crippen LogP contribution in [0, 0.1) is 20.2 Å². The normalized spacial score (nSPS) is 29.2. The minimum atomic E-state index is -0.949. The maximum absolute atomic E-state index is 10.8. The number of nitro benzene ring substituents is 2. The average molecular weight is 342 g/mol. The lowest BCUT2D eigenvalue weighted by Gasteiger charge is -2.53. The summed E-state index contributed by atoms with van der Waals surface area (Å²) in [5.74, 6) is -0.837. The standard InChI is InChI=1S/C6H12N4.C6H4N2O5.H2O/c1-7-2-9-4-8(1)5-10(3-7)6-9;9-6-2-1-4(7(10)11)3-5(6)8(12)13;/h1-6H2;1-3,9H;1H2. The van der Waals surface area contributed by atoms with Gasteiger partial charge in [-0.05, 0) is 5.75 Å². The molecule has 0 amide bonds. The van der Waals surface area contributed by atoms with Gasteiger partial charge in [0.2, 0.25) is 0 Å². The van der Waals surface area contributed by atoms with Crippen molar-refractivity contribution in [1.29, 1.82) is 0 Å². The first kappa shape index (κ1) is 18.0. The molecule has 1 aromatic rings. The van der Waals surface area contributed by atoms with E-state index in [0.717, 1.165) is 12.1 Å². The van der Waals surface area contributed by atoms with E-state index in [9.17, 15) is 25.3 Å². The molecule has 0 aromatic heterocycles. The van der Waals surface area contributed by atoms with Crippen LogP contribution in [0.3, 0.4) is 0 Å². The van der Waals surface area contributed by atoms with Crippen LogP contribution < -0.4 is 10.0 Å². The van der Waals surface area contributed by atoms with E-state index >= 15 is 0 Å². The molecule has 0 unspecified atom stereocenters. The highest BCUT2D eigenvalue weighted by molar-refractivity contribution is 5.51. The highest BCUT2D eigenvalue weighted by Gasteiger charge is 2.39. The quantitative estimate of drug-likeness (QED) is 0.450. The minimum absolute atomic E-state index is 0. The van der Waals surface area contributed by atoms with Crippen LogP contribution in [0.2, 0.25) is 0 Å². The molecule has 4 aliphatic heterocycles. The van der Waals surface area contributed by atoms with Gasteiger partial charge >= 0.3 is 0 Å². The number of quaternary nitrogens is 1. The van der Waals surface area contributed by atoms with Gasteiger partial charge in [-0.3, -0.25) is 25.1 Å². The van der Waals surface area contributed by atoms with Crippen molar-refractivity contribution in [2.24, 2.45) is 0 Å². The molecular weight excluding hydrogens is 324 g/mol. The molecule has 0 saturated carbocycles. The molecule has 24 heavy (non-hydrogen) atoms. The van der Waals surface area contributed by atoms with E-state index in [1.54, 1.807) is 4.90 Å². The Balaban J connectivity index is 0.000000170. The first-order chi connectivity index (χ1) is 10.9. The fraction of sp³-hybridized carbons (Fsp3) is 0.500. The maximum Gasteiger partial charge on any atom is 0.276 e. The van der Waals surface area contributed by atoms with Crippen molar-refractivity contribution in [3.8, 4) is 5.75 Å². The Kier molecular flexibility index (Phi) is 5.26. The summed E-state index contributed by atoms with van der Waals surface area (Å²) < 4.78 is 0. The Morgan fingerprint density at radius 2 is 1.42 bits per heavy atom. The van der Waals surface area contributed by atoms with Crippen LogP contribution >= 0.6 is 0 Å². The zero-order valence-electron chi connectivity index (χ0n) is 12.8. The lowest BCUT2D eigenvalue weighted by Crippen LogP contribution is -3.21. The first-order valence-corrected chi connectivity index (χ1v) is 7.03. The van der Waals surface area contributed by atoms with Crippen LogP contribution in [-0.4, -0.2) is 70.0 Å². The minimum Gasteiger partial charge on any atom is -0.868 e. The van der Waals surface area contributed by atoms with Crippen molar-refractivity contribution < 1.29 is 25.3 Å². The molecule has 4 saturated heterocycles. The van der Waals surface area contributed by atoms with E-state index in [0.29, 0.717) is 6.07 Å². The fourth-order valence-corrected chi connectivity index (χ4v) is 3.14. The van der Waals surface area contributed by atoms with E-state index in [2.05, 4.69) is 14.7 Å². The van der Waals surface area contributed by atoms with Crippen molar-refractivity contribution >= 4 is 11.4 Å². The van der Waals surface area contributed by atoms with Gasteiger partial charge in [0, 0.05) is 6.07 Å². The number of nitrogens with zero attached hydrogens (tertiary/aromatic N) is 5. The number of hydrogen-bond donors (Lipinski definition) is 1. The van der Waals surface area contributed by atoms with Gasteiger partial charge in [0.1, 0.15) is 20.0 Å². The molecule has 3 N–H and O–H groups in total. The lowest BCUT2D eigenvalue weighted by molar-refractivity contribution is -0.958. The van der Waals surface area contributed by atoms with Crippen molar-refractivity contribution in [2.75, 3.05) is 40.0 Å². The molecule has 0 atom stereocenters. The Morgan fingerprint density at radius 1 is 0.917 bits per heavy atom. The Bertz CT molecular complexity index is 584. The average Bonchev–Trinajstić information content (AvgIpc) is 2.46. The Labute approximate surface area is 136 Å². The second-order valence-electron chi connectivity index (χ2n) is 5.83. The molecule has 0 aliphatic carbocycles. The van der Waals surface area contributed by atoms with E-state index < -0.39 is 27.0 Å². The summed E-state index contributed by atoms with van der Waals surface area (Å²) >= 11 is 0. The van der Waals surface area contributed by atoms with Gasteiger partial charge in [-0.25, -0.2) is 14.7 Å². The SMILES string of the molecule is C1N2CN3CN1C[NH+](C2)C3.O.O=[N+]([O-])c1ccc([O-])c([N+](=O)[O-])c1. The first-order valence-electron chi connectivity index (χ1n) is 7.03. The van der Waals surface area contributed by atoms with Gasteiger partial charge in [0.25, 0.3) is 11.4 Å². The van der Waals surface area contributed by atoms with Gasteiger partial charge in [-0.15, -0.1) is 0 Å². The summed E-state index contributed by atoms with van der Waals surface area (Å²) in [7, 11) is 0. The molecule has 5 rings (SSSR count). The van der Waals surface area contributed by atoms with Crippen LogP contribution in [-0.2, 0) is 0 Å². The van der Waals surface area contributed by atoms with Crippen molar-refractivity contribution in [1.82, 2.24) is 14.7 Å². The third-order valence-electron chi connectivity index (χ3n) is 3.89. The van der Waals surface area contributed by atoms with Crippen LogP contribution in [0.25, 0.3) is 0 Å². The second kappa shape index (κ2) is 7.02. The van der Waals surface area contributed by atoms with E-state index in [4.69, 9.17) is 0 Å². The summed E-state index contributed by atoms with van der Waals surface area (Å²) in [4.78, 5) is 27.8. The number of rotatable bonds is 2. The molecule has 1 aromatic carbocycles. The molecule has 0 spiro atoms. The smallest absolute Gasteiger partial charge is 0.276 e. The Morgan fingerprint density at radius 3 is 1.79 bits per heavy atom. The highest BCUT2D eigenvalue weighted by atomic mass is 16.6. The topological polar surface area (TPSA) is 155 Å². The molecule has 4 fully saturated rings. The summed E-state index contributed by atoms with van der Waals surface area (Å²) in [5, 5.41) is 31.1. The molecule has 4 bridgehead atoms. The summed E-state index contributed by atoms with van der Waals surface area (Å²) in [6, 6.07) is 2.37. The van der Waals surface area contributed by atoms with Gasteiger partial charge in [0.15, 0.2) is 0 Å². The van der Waals surface area contributed by atoms with Crippen molar-refractivity contribution in [3.05, 3.63) is 38.4 Å². The molecule has 4 heterocycles.